The smallest absolute Gasteiger partial charge is 0.250 e. The number of nitrogens with one attached hydrogen (secondary N) is 1. The first-order valence-corrected chi connectivity index (χ1v) is 10.1. The van der Waals surface area contributed by atoms with Crippen LogP contribution in [0.3, 0.4) is 0 Å². The lowest BCUT2D eigenvalue weighted by atomic mass is 10.1. The summed E-state index contributed by atoms with van der Waals surface area (Å²) in [4.78, 5) is 16.5. The lowest BCUT2D eigenvalue weighted by Gasteiger charge is -2.12. The molecule has 0 aliphatic carbocycles. The van der Waals surface area contributed by atoms with Gasteiger partial charge in [-0.3, -0.25) is 4.79 Å². The number of amides is 1. The van der Waals surface area contributed by atoms with E-state index in [4.69, 9.17) is 10.7 Å². The van der Waals surface area contributed by atoms with Gasteiger partial charge in [0.2, 0.25) is 0 Å². The van der Waals surface area contributed by atoms with Crippen LogP contribution in [0.2, 0.25) is 0 Å². The summed E-state index contributed by atoms with van der Waals surface area (Å²) in [6.45, 7) is 7.92. The van der Waals surface area contributed by atoms with E-state index in [1.165, 1.54) is 5.56 Å². The van der Waals surface area contributed by atoms with Gasteiger partial charge in [-0.25, -0.2) is 4.98 Å². The van der Waals surface area contributed by atoms with Crippen LogP contribution in [0.4, 0.5) is 5.13 Å². The number of aromatic nitrogens is 2. The van der Waals surface area contributed by atoms with Crippen molar-refractivity contribution in [2.45, 2.75) is 40.3 Å². The van der Waals surface area contributed by atoms with E-state index < -0.39 is 5.91 Å². The molecule has 0 aliphatic rings. The minimum Gasteiger partial charge on any atom is -0.366 e. The first-order valence-electron chi connectivity index (χ1n) is 9.19. The quantitative estimate of drug-likeness (QED) is 0.594. The summed E-state index contributed by atoms with van der Waals surface area (Å²) in [5.41, 5.74) is 10.1. The van der Waals surface area contributed by atoms with Gasteiger partial charge in [0.25, 0.3) is 5.91 Å². The molecule has 0 bridgehead atoms. The molecule has 2 heterocycles. The van der Waals surface area contributed by atoms with Crippen molar-refractivity contribution < 1.29 is 4.79 Å². The Morgan fingerprint density at radius 3 is 2.70 bits per heavy atom. The topological polar surface area (TPSA) is 72.9 Å². The van der Waals surface area contributed by atoms with Crippen LogP contribution in [0.5, 0.6) is 0 Å². The van der Waals surface area contributed by atoms with Crippen molar-refractivity contribution in [3.63, 3.8) is 0 Å². The zero-order valence-corrected chi connectivity index (χ0v) is 16.8. The monoisotopic (exact) mass is 382 g/mol. The van der Waals surface area contributed by atoms with Gasteiger partial charge in [-0.2, -0.15) is 0 Å². The van der Waals surface area contributed by atoms with Gasteiger partial charge in [-0.15, -0.1) is 11.3 Å². The lowest BCUT2D eigenvalue weighted by molar-refractivity contribution is 0.0999. The Morgan fingerprint density at radius 1 is 1.30 bits per heavy atom. The molecule has 0 atom stereocenters. The number of hydrogen-bond acceptors (Lipinski definition) is 4. The molecule has 27 heavy (non-hydrogen) atoms. The molecule has 0 radical (unpaired) electrons. The number of benzene rings is 1. The van der Waals surface area contributed by atoms with Crippen LogP contribution in [0.1, 0.15) is 41.9 Å². The number of primary amides is 1. The van der Waals surface area contributed by atoms with Crippen molar-refractivity contribution in [2.75, 3.05) is 5.32 Å². The molecule has 0 aliphatic heterocycles. The number of nitrogens with zero attached hydrogens (tertiary/aromatic N) is 2. The Hall–Kier alpha value is -2.60. The van der Waals surface area contributed by atoms with Gasteiger partial charge in [0.1, 0.15) is 0 Å². The van der Waals surface area contributed by atoms with Crippen molar-refractivity contribution in [3.05, 3.63) is 58.6 Å². The van der Waals surface area contributed by atoms with E-state index in [2.05, 4.69) is 35.9 Å². The molecule has 3 aromatic rings. The fraction of sp³-hybridized carbons (Fsp3) is 0.333. The summed E-state index contributed by atoms with van der Waals surface area (Å²) in [5, 5.41) is 6.26. The molecular formula is C21H26N4OS. The standard InChI is InChI=1S/C21H26N4OS/c1-14(2)9-10-25-15(3)17(20(22)26)11-19(25)18-13-27-21(24-18)23-12-16-7-5-4-6-8-16/h4-8,11,13-14H,9-10,12H2,1-3H3,(H2,22,26)(H,23,24). The summed E-state index contributed by atoms with van der Waals surface area (Å²) >= 11 is 1.57. The number of anilines is 1. The normalized spacial score (nSPS) is 11.1. The Bertz CT molecular complexity index is 912. The molecular weight excluding hydrogens is 356 g/mol. The molecule has 1 amide bonds. The molecule has 0 fully saturated rings. The second-order valence-electron chi connectivity index (χ2n) is 7.10. The Kier molecular flexibility index (Phi) is 5.96. The van der Waals surface area contributed by atoms with E-state index in [0.717, 1.165) is 41.7 Å². The molecule has 0 saturated carbocycles. The van der Waals surface area contributed by atoms with E-state index in [9.17, 15) is 4.79 Å². The maximum Gasteiger partial charge on any atom is 0.250 e. The summed E-state index contributed by atoms with van der Waals surface area (Å²) in [6.07, 6.45) is 1.03. The minimum absolute atomic E-state index is 0.394. The summed E-state index contributed by atoms with van der Waals surface area (Å²) in [6, 6.07) is 12.1. The number of thiazole rings is 1. The lowest BCUT2D eigenvalue weighted by Crippen LogP contribution is -2.13. The predicted molar refractivity (Wildman–Crippen MR) is 112 cm³/mol. The van der Waals surface area contributed by atoms with E-state index in [0.29, 0.717) is 11.5 Å². The first-order chi connectivity index (χ1) is 13.0. The Balaban J connectivity index is 1.83. The van der Waals surface area contributed by atoms with Crippen LogP contribution >= 0.6 is 11.3 Å². The summed E-state index contributed by atoms with van der Waals surface area (Å²) in [5.74, 6) is 0.185. The molecule has 6 heteroatoms. The van der Waals surface area contributed by atoms with Gasteiger partial charge >= 0.3 is 0 Å². The third-order valence-electron chi connectivity index (χ3n) is 4.62. The molecule has 0 unspecified atom stereocenters. The zero-order chi connectivity index (χ0) is 19.4. The van der Waals surface area contributed by atoms with Crippen molar-refractivity contribution in [1.82, 2.24) is 9.55 Å². The van der Waals surface area contributed by atoms with Crippen molar-refractivity contribution in [3.8, 4) is 11.4 Å². The van der Waals surface area contributed by atoms with Crippen LogP contribution in [-0.2, 0) is 13.1 Å². The Labute approximate surface area is 164 Å². The fourth-order valence-corrected chi connectivity index (χ4v) is 3.73. The van der Waals surface area contributed by atoms with Crippen molar-refractivity contribution >= 4 is 22.4 Å². The van der Waals surface area contributed by atoms with Gasteiger partial charge in [0.05, 0.1) is 17.0 Å². The summed E-state index contributed by atoms with van der Waals surface area (Å²) < 4.78 is 2.16. The van der Waals surface area contributed by atoms with Gasteiger partial charge < -0.3 is 15.6 Å². The van der Waals surface area contributed by atoms with E-state index >= 15 is 0 Å². The molecule has 142 valence electrons. The molecule has 0 saturated heterocycles. The molecule has 1 aromatic carbocycles. The molecule has 0 spiro atoms. The van der Waals surface area contributed by atoms with Crippen LogP contribution in [-0.4, -0.2) is 15.5 Å². The second-order valence-corrected chi connectivity index (χ2v) is 7.96. The van der Waals surface area contributed by atoms with Crippen LogP contribution < -0.4 is 11.1 Å². The highest BCUT2D eigenvalue weighted by Crippen LogP contribution is 2.30. The third kappa shape index (κ3) is 4.57. The highest BCUT2D eigenvalue weighted by molar-refractivity contribution is 7.14. The zero-order valence-electron chi connectivity index (χ0n) is 16.0. The highest BCUT2D eigenvalue weighted by Gasteiger charge is 2.18. The van der Waals surface area contributed by atoms with Gasteiger partial charge in [-0.1, -0.05) is 44.2 Å². The van der Waals surface area contributed by atoms with Gasteiger partial charge in [0.15, 0.2) is 5.13 Å². The van der Waals surface area contributed by atoms with Crippen LogP contribution in [0.15, 0.2) is 41.8 Å². The first kappa shape index (κ1) is 19.2. The van der Waals surface area contributed by atoms with Gasteiger partial charge in [-0.05, 0) is 30.9 Å². The number of carbonyl (C=O) groups excluding carboxylic acids is 1. The second kappa shape index (κ2) is 8.39. The number of nitrogens with two attached hydrogens (primary N) is 1. The van der Waals surface area contributed by atoms with Gasteiger partial charge in [0, 0.05) is 24.2 Å². The number of carbonyl (C=O) groups is 1. The highest BCUT2D eigenvalue weighted by atomic mass is 32.1. The fourth-order valence-electron chi connectivity index (χ4n) is 3.03. The minimum atomic E-state index is -0.394. The van der Waals surface area contributed by atoms with E-state index in [-0.39, 0.29) is 0 Å². The predicted octanol–water partition coefficient (Wildman–Crippen LogP) is 4.68. The van der Waals surface area contributed by atoms with Crippen molar-refractivity contribution in [2.24, 2.45) is 11.7 Å². The van der Waals surface area contributed by atoms with Crippen LogP contribution in [0, 0.1) is 12.8 Å². The van der Waals surface area contributed by atoms with E-state index in [1.54, 1.807) is 11.3 Å². The largest absolute Gasteiger partial charge is 0.366 e. The average Bonchev–Trinajstić information content (AvgIpc) is 3.23. The van der Waals surface area contributed by atoms with E-state index in [1.807, 2.05) is 36.6 Å². The third-order valence-corrected chi connectivity index (χ3v) is 5.42. The molecule has 3 N–H and O–H groups in total. The number of rotatable bonds is 8. The van der Waals surface area contributed by atoms with Crippen molar-refractivity contribution in [1.29, 1.82) is 0 Å². The molecule has 5 nitrogen and oxygen atoms in total. The average molecular weight is 383 g/mol. The maximum absolute atomic E-state index is 11.8. The molecule has 3 rings (SSSR count). The summed E-state index contributed by atoms with van der Waals surface area (Å²) in [7, 11) is 0. The molecule has 2 aromatic heterocycles. The SMILES string of the molecule is Cc1c(C(N)=O)cc(-c2csc(NCc3ccccc3)n2)n1CCC(C)C. The Morgan fingerprint density at radius 2 is 2.04 bits per heavy atom. The number of hydrogen-bond donors (Lipinski definition) is 2. The maximum atomic E-state index is 11.8. The van der Waals surface area contributed by atoms with Crippen LogP contribution in [0.25, 0.3) is 11.4 Å².